The van der Waals surface area contributed by atoms with Gasteiger partial charge < -0.3 is 10.6 Å². The molecule has 0 fully saturated rings. The van der Waals surface area contributed by atoms with Crippen molar-refractivity contribution >= 4 is 55.7 Å². The fraction of sp³-hybridized carbons (Fsp3) is 0.250. The van der Waals surface area contributed by atoms with Crippen LogP contribution in [0.15, 0.2) is 69.2 Å². The van der Waals surface area contributed by atoms with Gasteiger partial charge in [-0.15, -0.1) is 20.5 Å². The number of thiazole rings is 2. The molecule has 0 saturated heterocycles. The molecule has 4 rings (SSSR count). The van der Waals surface area contributed by atoms with Gasteiger partial charge in [0, 0.05) is 36.9 Å². The number of aryl methyl sites for hydroxylation is 2. The third-order valence-corrected chi connectivity index (χ3v) is 6.83. The summed E-state index contributed by atoms with van der Waals surface area (Å²) in [7, 11) is 0. The molecule has 0 saturated carbocycles. The summed E-state index contributed by atoms with van der Waals surface area (Å²) in [5.74, 6) is 0. The smallest absolute Gasteiger partial charge is 0.230 e. The number of aromatic nitrogens is 2. The van der Waals surface area contributed by atoms with Crippen LogP contribution in [0.3, 0.4) is 0 Å². The quantitative estimate of drug-likeness (QED) is 0.229. The van der Waals surface area contributed by atoms with Gasteiger partial charge in [-0.25, -0.2) is 9.97 Å². The molecule has 2 heterocycles. The molecule has 2 N–H and O–H groups in total. The first-order valence-corrected chi connectivity index (χ1v) is 12.6. The molecule has 0 aliphatic carbocycles. The second-order valence-corrected chi connectivity index (χ2v) is 9.50. The number of anilines is 2. The Balaban J connectivity index is 1.43. The molecular weight excluding hydrogens is 464 g/mol. The Hall–Kier alpha value is -3.50. The fourth-order valence-electron chi connectivity index (χ4n) is 3.21. The van der Waals surface area contributed by atoms with Crippen molar-refractivity contribution in [2.75, 3.05) is 23.7 Å². The minimum atomic E-state index is 0.595. The van der Waals surface area contributed by atoms with E-state index >= 15 is 0 Å². The van der Waals surface area contributed by atoms with Crippen molar-refractivity contribution in [3.8, 4) is 9.75 Å². The van der Waals surface area contributed by atoms with Crippen molar-refractivity contribution in [1.29, 1.82) is 0 Å². The Morgan fingerprint density at radius 1 is 0.676 bits per heavy atom. The Labute approximate surface area is 207 Å². The highest BCUT2D eigenvalue weighted by atomic mass is 32.1. The van der Waals surface area contributed by atoms with Gasteiger partial charge in [0.2, 0.25) is 10.3 Å². The van der Waals surface area contributed by atoms with E-state index in [9.17, 15) is 0 Å². The minimum absolute atomic E-state index is 0.595. The van der Waals surface area contributed by atoms with Crippen LogP contribution in [-0.4, -0.2) is 23.1 Å². The monoisotopic (exact) mass is 490 g/mol. The van der Waals surface area contributed by atoms with E-state index in [4.69, 9.17) is 0 Å². The van der Waals surface area contributed by atoms with Crippen LogP contribution in [-0.2, 0) is 0 Å². The minimum Gasteiger partial charge on any atom is -0.385 e. The second-order valence-electron chi connectivity index (χ2n) is 7.48. The van der Waals surface area contributed by atoms with Gasteiger partial charge >= 0.3 is 0 Å². The first kappa shape index (κ1) is 23.7. The zero-order valence-corrected chi connectivity index (χ0v) is 21.2. The Morgan fingerprint density at radius 3 is 1.50 bits per heavy atom. The molecule has 0 aliphatic heterocycles. The summed E-state index contributed by atoms with van der Waals surface area (Å²) in [5, 5.41) is 25.2. The van der Waals surface area contributed by atoms with Crippen LogP contribution in [0.25, 0.3) is 9.75 Å². The third kappa shape index (κ3) is 5.89. The van der Waals surface area contributed by atoms with Crippen molar-refractivity contribution in [3.63, 3.8) is 0 Å². The normalized spacial score (nSPS) is 11.5. The van der Waals surface area contributed by atoms with Crippen LogP contribution in [0.5, 0.6) is 0 Å². The molecule has 0 radical (unpaired) electrons. The van der Waals surface area contributed by atoms with E-state index in [0.29, 0.717) is 10.3 Å². The van der Waals surface area contributed by atoms with Crippen LogP contribution < -0.4 is 10.6 Å². The van der Waals surface area contributed by atoms with Crippen LogP contribution in [0.1, 0.15) is 25.0 Å². The van der Waals surface area contributed by atoms with E-state index in [-0.39, 0.29) is 0 Å². The van der Waals surface area contributed by atoms with Gasteiger partial charge in [-0.1, -0.05) is 22.7 Å². The molecule has 0 spiro atoms. The second kappa shape index (κ2) is 11.1. The van der Waals surface area contributed by atoms with Gasteiger partial charge in [0.25, 0.3) is 0 Å². The summed E-state index contributed by atoms with van der Waals surface area (Å²) in [6.07, 6.45) is 3.58. The summed E-state index contributed by atoms with van der Waals surface area (Å²) in [6.45, 7) is 9.95. The molecule has 10 heteroatoms. The maximum Gasteiger partial charge on any atom is 0.230 e. The Kier molecular flexibility index (Phi) is 7.71. The molecule has 2 aromatic carbocycles. The first-order valence-electron chi connectivity index (χ1n) is 11.0. The van der Waals surface area contributed by atoms with E-state index < -0.39 is 0 Å². The van der Waals surface area contributed by atoms with Gasteiger partial charge in [-0.3, -0.25) is 0 Å². The average molecular weight is 491 g/mol. The summed E-state index contributed by atoms with van der Waals surface area (Å²) >= 11 is 2.93. The number of hydrogen-bond donors (Lipinski definition) is 2. The van der Waals surface area contributed by atoms with Gasteiger partial charge in [0.15, 0.2) is 0 Å². The summed E-state index contributed by atoms with van der Waals surface area (Å²) in [6, 6.07) is 12.1. The average Bonchev–Trinajstić information content (AvgIpc) is 3.48. The molecule has 0 atom stereocenters. The van der Waals surface area contributed by atoms with Crippen LogP contribution in [0, 0.1) is 13.8 Å². The van der Waals surface area contributed by atoms with E-state index in [0.717, 1.165) is 56.7 Å². The number of azo groups is 2. The van der Waals surface area contributed by atoms with Crippen molar-refractivity contribution in [3.05, 3.63) is 59.9 Å². The molecule has 174 valence electrons. The summed E-state index contributed by atoms with van der Waals surface area (Å²) in [5.41, 5.74) is 5.93. The molecule has 0 bridgehead atoms. The largest absolute Gasteiger partial charge is 0.385 e. The maximum atomic E-state index is 4.39. The predicted octanol–water partition coefficient (Wildman–Crippen LogP) is 8.58. The molecule has 8 nitrogen and oxygen atoms in total. The lowest BCUT2D eigenvalue weighted by Crippen LogP contribution is -1.95. The van der Waals surface area contributed by atoms with Crippen LogP contribution >= 0.6 is 22.7 Å². The van der Waals surface area contributed by atoms with Crippen molar-refractivity contribution < 1.29 is 0 Å². The van der Waals surface area contributed by atoms with Crippen LogP contribution in [0.4, 0.5) is 33.0 Å². The van der Waals surface area contributed by atoms with Gasteiger partial charge in [0.1, 0.15) is 0 Å². The lowest BCUT2D eigenvalue weighted by Gasteiger charge is -2.05. The predicted molar refractivity (Wildman–Crippen MR) is 142 cm³/mol. The number of hydrogen-bond acceptors (Lipinski definition) is 10. The van der Waals surface area contributed by atoms with E-state index in [2.05, 4.69) is 67.0 Å². The maximum absolute atomic E-state index is 4.39. The summed E-state index contributed by atoms with van der Waals surface area (Å²) in [4.78, 5) is 10.7. The first-order chi connectivity index (χ1) is 16.6. The summed E-state index contributed by atoms with van der Waals surface area (Å²) < 4.78 is 0. The molecule has 2 aromatic heterocycles. The van der Waals surface area contributed by atoms with Crippen molar-refractivity contribution in [2.45, 2.75) is 27.7 Å². The molecule has 34 heavy (non-hydrogen) atoms. The molecular formula is C24H26N8S2. The highest BCUT2D eigenvalue weighted by Gasteiger charge is 2.09. The number of rotatable bonds is 9. The van der Waals surface area contributed by atoms with E-state index in [1.807, 2.05) is 38.1 Å². The fourth-order valence-corrected chi connectivity index (χ4v) is 4.74. The van der Waals surface area contributed by atoms with Gasteiger partial charge in [0.05, 0.1) is 21.1 Å². The Bertz CT molecular complexity index is 1220. The number of benzene rings is 2. The van der Waals surface area contributed by atoms with Crippen molar-refractivity contribution in [1.82, 2.24) is 9.97 Å². The van der Waals surface area contributed by atoms with E-state index in [1.165, 1.54) is 22.7 Å². The van der Waals surface area contributed by atoms with Gasteiger partial charge in [-0.2, -0.15) is 0 Å². The highest BCUT2D eigenvalue weighted by Crippen LogP contribution is 2.37. The van der Waals surface area contributed by atoms with E-state index in [1.54, 1.807) is 12.4 Å². The number of nitrogens with zero attached hydrogens (tertiary/aromatic N) is 6. The van der Waals surface area contributed by atoms with Gasteiger partial charge in [-0.05, 0) is 75.2 Å². The molecule has 0 unspecified atom stereocenters. The number of nitrogens with one attached hydrogen (secondary N) is 2. The molecule has 4 aromatic rings. The third-order valence-electron chi connectivity index (χ3n) is 4.87. The highest BCUT2D eigenvalue weighted by molar-refractivity contribution is 7.25. The molecule has 0 aliphatic rings. The van der Waals surface area contributed by atoms with Crippen molar-refractivity contribution in [2.24, 2.45) is 20.5 Å². The van der Waals surface area contributed by atoms with Crippen LogP contribution in [0.2, 0.25) is 0 Å². The zero-order chi connectivity index (χ0) is 23.9. The lowest BCUT2D eigenvalue weighted by molar-refractivity contribution is 1.17. The Morgan fingerprint density at radius 2 is 1.12 bits per heavy atom. The topological polar surface area (TPSA) is 99.3 Å². The SMILES string of the molecule is CCNc1ccc(/N=N/c2ncc(-c3cnc(/N=N/c4ccc(NCC)cc4C)s3)s2)c(C)c1. The lowest BCUT2D eigenvalue weighted by atomic mass is 10.2. The standard InChI is InChI=1S/C24H26N8S2/c1-5-25-17-7-9-19(15(3)11-17)29-31-23-27-13-21(33-23)22-14-28-24(34-22)32-30-20-10-8-18(26-6-2)12-16(20)4/h7-14,25-26H,5-6H2,1-4H3/b31-29+,32-30+. The zero-order valence-electron chi connectivity index (χ0n) is 19.5. The molecule has 0 amide bonds.